The zero-order valence-electron chi connectivity index (χ0n) is 22.7. The van der Waals surface area contributed by atoms with E-state index in [1.807, 2.05) is 0 Å². The number of hydrogen-bond donors (Lipinski definition) is 1. The maximum Gasteiger partial charge on any atom is 0.435 e. The SMILES string of the molecule is COc1ccc(NC(=O)CC2C(=O)N(c3ccc(OC)cc3)C(=S)N2CCCn2nc(C(F)(F)F)cc2C(F)(F)F)cc1. The second-order valence-corrected chi connectivity index (χ2v) is 9.70. The zero-order chi connectivity index (χ0) is 31.5. The lowest BCUT2D eigenvalue weighted by molar-refractivity contribution is -0.144. The van der Waals surface area contributed by atoms with E-state index in [2.05, 4.69) is 10.4 Å². The Bertz CT molecular complexity index is 1470. The Morgan fingerprint density at radius 2 is 1.51 bits per heavy atom. The molecule has 0 saturated carbocycles. The van der Waals surface area contributed by atoms with Crippen molar-refractivity contribution in [2.24, 2.45) is 0 Å². The maximum absolute atomic E-state index is 13.6. The van der Waals surface area contributed by atoms with E-state index in [-0.39, 0.29) is 35.2 Å². The summed E-state index contributed by atoms with van der Waals surface area (Å²) in [6.45, 7) is -0.720. The summed E-state index contributed by atoms with van der Waals surface area (Å²) in [5, 5.41) is 5.76. The minimum atomic E-state index is -5.08. The molecule has 3 aromatic rings. The maximum atomic E-state index is 13.6. The third kappa shape index (κ3) is 7.18. The fourth-order valence-electron chi connectivity index (χ4n) is 4.46. The fraction of sp³-hybridized carbons (Fsp3) is 0.333. The molecule has 230 valence electrons. The summed E-state index contributed by atoms with van der Waals surface area (Å²) in [6, 6.07) is 11.6. The number of nitrogens with one attached hydrogen (secondary N) is 1. The number of alkyl halides is 6. The average Bonchev–Trinajstić information content (AvgIpc) is 3.49. The molecule has 2 heterocycles. The molecule has 2 amide bonds. The molecule has 1 atom stereocenters. The lowest BCUT2D eigenvalue weighted by Crippen LogP contribution is -2.39. The van der Waals surface area contributed by atoms with Crippen LogP contribution in [0.2, 0.25) is 0 Å². The minimum Gasteiger partial charge on any atom is -0.497 e. The molecule has 2 aromatic carbocycles. The van der Waals surface area contributed by atoms with Crippen LogP contribution in [0.5, 0.6) is 11.5 Å². The van der Waals surface area contributed by atoms with Crippen LogP contribution in [0, 0.1) is 0 Å². The predicted molar refractivity (Wildman–Crippen MR) is 147 cm³/mol. The Hall–Kier alpha value is -4.34. The standard InChI is InChI=1S/C27H25F6N5O4S/c1-41-18-8-4-16(5-9-18)34-23(39)14-20-24(40)38(17-6-10-19(42-2)11-7-17)25(43)36(20)12-3-13-37-22(27(31,32)33)15-21(35-37)26(28,29)30/h4-11,15,20H,3,12-14H2,1-2H3,(H,34,39). The van der Waals surface area contributed by atoms with E-state index in [1.165, 1.54) is 24.0 Å². The third-order valence-corrected chi connectivity index (χ3v) is 6.95. The van der Waals surface area contributed by atoms with Gasteiger partial charge in [-0.05, 0) is 67.2 Å². The van der Waals surface area contributed by atoms with Crippen molar-refractivity contribution in [3.05, 3.63) is 66.0 Å². The number of benzene rings is 2. The van der Waals surface area contributed by atoms with E-state index in [0.717, 1.165) is 0 Å². The van der Waals surface area contributed by atoms with Crippen molar-refractivity contribution in [3.8, 4) is 11.5 Å². The van der Waals surface area contributed by atoms with Gasteiger partial charge >= 0.3 is 12.4 Å². The van der Waals surface area contributed by atoms with Crippen LogP contribution >= 0.6 is 12.2 Å². The quantitative estimate of drug-likeness (QED) is 0.239. The van der Waals surface area contributed by atoms with Gasteiger partial charge in [0.1, 0.15) is 23.2 Å². The van der Waals surface area contributed by atoms with Gasteiger partial charge in [0.15, 0.2) is 10.8 Å². The lowest BCUT2D eigenvalue weighted by Gasteiger charge is -2.24. The Morgan fingerprint density at radius 3 is 2.05 bits per heavy atom. The van der Waals surface area contributed by atoms with Crippen LogP contribution in [0.3, 0.4) is 0 Å². The molecule has 0 bridgehead atoms. The second kappa shape index (κ2) is 12.5. The van der Waals surface area contributed by atoms with Crippen molar-refractivity contribution in [1.82, 2.24) is 14.7 Å². The smallest absolute Gasteiger partial charge is 0.435 e. The fourth-order valence-corrected chi connectivity index (χ4v) is 4.88. The Balaban J connectivity index is 1.55. The Labute approximate surface area is 246 Å². The topological polar surface area (TPSA) is 88.9 Å². The number of nitrogens with zero attached hydrogens (tertiary/aromatic N) is 4. The summed E-state index contributed by atoms with van der Waals surface area (Å²) in [7, 11) is 2.94. The molecule has 4 rings (SSSR count). The van der Waals surface area contributed by atoms with E-state index in [4.69, 9.17) is 21.7 Å². The van der Waals surface area contributed by atoms with E-state index < -0.39 is 48.1 Å². The molecule has 16 heteroatoms. The highest BCUT2D eigenvalue weighted by molar-refractivity contribution is 7.80. The Morgan fingerprint density at radius 1 is 0.930 bits per heavy atom. The molecule has 1 saturated heterocycles. The van der Waals surface area contributed by atoms with Gasteiger partial charge in [0.05, 0.1) is 26.3 Å². The van der Waals surface area contributed by atoms with Crippen LogP contribution in [0.25, 0.3) is 0 Å². The first kappa shape index (κ1) is 31.6. The number of halogens is 6. The largest absolute Gasteiger partial charge is 0.497 e. The number of rotatable bonds is 10. The number of aryl methyl sites for hydroxylation is 1. The van der Waals surface area contributed by atoms with Crippen LogP contribution in [-0.4, -0.2) is 58.4 Å². The van der Waals surface area contributed by atoms with Crippen LogP contribution in [0.15, 0.2) is 54.6 Å². The van der Waals surface area contributed by atoms with Crippen molar-refractivity contribution in [3.63, 3.8) is 0 Å². The van der Waals surface area contributed by atoms with E-state index in [9.17, 15) is 35.9 Å². The van der Waals surface area contributed by atoms with Crippen molar-refractivity contribution in [1.29, 1.82) is 0 Å². The molecule has 1 N–H and O–H groups in total. The van der Waals surface area contributed by atoms with Crippen LogP contribution in [0.4, 0.5) is 37.7 Å². The molecule has 0 aliphatic carbocycles. The predicted octanol–water partition coefficient (Wildman–Crippen LogP) is 5.36. The highest BCUT2D eigenvalue weighted by Gasteiger charge is 2.45. The van der Waals surface area contributed by atoms with Gasteiger partial charge in [-0.2, -0.15) is 31.4 Å². The average molecular weight is 630 g/mol. The molecule has 43 heavy (non-hydrogen) atoms. The molecule has 0 spiro atoms. The van der Waals surface area contributed by atoms with Crippen LogP contribution in [-0.2, 0) is 28.5 Å². The van der Waals surface area contributed by atoms with Crippen molar-refractivity contribution >= 4 is 40.5 Å². The molecule has 1 unspecified atom stereocenters. The number of anilines is 2. The van der Waals surface area contributed by atoms with E-state index in [1.54, 1.807) is 48.5 Å². The molecular formula is C27H25F6N5O4S. The van der Waals surface area contributed by atoms with Crippen molar-refractivity contribution in [2.75, 3.05) is 31.0 Å². The summed E-state index contributed by atoms with van der Waals surface area (Å²) < 4.78 is 90.0. The van der Waals surface area contributed by atoms with Gasteiger partial charge in [0.2, 0.25) is 5.91 Å². The van der Waals surface area contributed by atoms with Gasteiger partial charge in [-0.1, -0.05) is 0 Å². The van der Waals surface area contributed by atoms with Crippen molar-refractivity contribution in [2.45, 2.75) is 37.8 Å². The van der Waals surface area contributed by atoms with Gasteiger partial charge in [0.25, 0.3) is 5.91 Å². The van der Waals surface area contributed by atoms with Gasteiger partial charge in [-0.25, -0.2) is 0 Å². The first-order valence-electron chi connectivity index (χ1n) is 12.7. The molecule has 0 radical (unpaired) electrons. The number of methoxy groups -OCH3 is 2. The third-order valence-electron chi connectivity index (χ3n) is 6.53. The number of thiocarbonyl (C=S) groups is 1. The number of amides is 2. The number of carbonyl (C=O) groups is 2. The molecule has 1 aliphatic rings. The zero-order valence-corrected chi connectivity index (χ0v) is 23.5. The minimum absolute atomic E-state index is 0.0232. The van der Waals surface area contributed by atoms with Gasteiger partial charge in [0, 0.05) is 24.8 Å². The van der Waals surface area contributed by atoms with Gasteiger partial charge in [-0.3, -0.25) is 19.2 Å². The summed E-state index contributed by atoms with van der Waals surface area (Å²) in [4.78, 5) is 29.1. The van der Waals surface area contributed by atoms with Crippen LogP contribution < -0.4 is 19.7 Å². The number of ether oxygens (including phenoxy) is 2. The first-order chi connectivity index (χ1) is 20.2. The summed E-state index contributed by atoms with van der Waals surface area (Å²) in [5.41, 5.74) is -2.45. The summed E-state index contributed by atoms with van der Waals surface area (Å²) in [6.07, 6.45) is -10.7. The number of hydrogen-bond acceptors (Lipinski definition) is 6. The highest BCUT2D eigenvalue weighted by Crippen LogP contribution is 2.35. The van der Waals surface area contributed by atoms with E-state index in [0.29, 0.717) is 22.9 Å². The van der Waals surface area contributed by atoms with E-state index >= 15 is 0 Å². The molecule has 1 aliphatic heterocycles. The van der Waals surface area contributed by atoms with Gasteiger partial charge < -0.3 is 19.7 Å². The molecule has 1 aromatic heterocycles. The molecule has 9 nitrogen and oxygen atoms in total. The lowest BCUT2D eigenvalue weighted by atomic mass is 10.1. The van der Waals surface area contributed by atoms with Gasteiger partial charge in [-0.15, -0.1) is 0 Å². The first-order valence-corrected chi connectivity index (χ1v) is 13.1. The number of aromatic nitrogens is 2. The monoisotopic (exact) mass is 629 g/mol. The summed E-state index contributed by atoms with van der Waals surface area (Å²) in [5.74, 6) is -0.0426. The van der Waals surface area contributed by atoms with Crippen LogP contribution in [0.1, 0.15) is 24.2 Å². The second-order valence-electron chi connectivity index (χ2n) is 9.33. The normalized spacial score (nSPS) is 15.7. The Kier molecular flexibility index (Phi) is 9.18. The summed E-state index contributed by atoms with van der Waals surface area (Å²) >= 11 is 5.54. The van der Waals surface area contributed by atoms with Crippen molar-refractivity contribution < 1.29 is 45.4 Å². The highest BCUT2D eigenvalue weighted by atomic mass is 32.1. The molecular weight excluding hydrogens is 604 g/mol. The number of carbonyl (C=O) groups excluding carboxylic acids is 2. The molecule has 1 fully saturated rings.